The smallest absolute Gasteiger partial charge is 0.338 e. The van der Waals surface area contributed by atoms with E-state index in [0.29, 0.717) is 5.56 Å². The van der Waals surface area contributed by atoms with Crippen LogP contribution in [0, 0.1) is 0 Å². The first-order valence-corrected chi connectivity index (χ1v) is 22.6. The second-order valence-electron chi connectivity index (χ2n) is 15.6. The zero-order valence-electron chi connectivity index (χ0n) is 30.4. The topological polar surface area (TPSA) is 109 Å². The van der Waals surface area contributed by atoms with Gasteiger partial charge in [0.05, 0.1) is 5.56 Å². The van der Waals surface area contributed by atoms with Crippen LogP contribution >= 0.6 is 0 Å². The Morgan fingerprint density at radius 1 is 0.816 bits per heavy atom. The summed E-state index contributed by atoms with van der Waals surface area (Å²) in [5.74, 6) is -0.525. The molecule has 2 aromatic carbocycles. The number of esters is 1. The molecule has 0 aliphatic carbocycles. The van der Waals surface area contributed by atoms with Crippen molar-refractivity contribution in [1.82, 2.24) is 9.55 Å². The number of nitrogens with one attached hydrogen (secondary N) is 1. The van der Waals surface area contributed by atoms with Gasteiger partial charge in [0.2, 0.25) is 0 Å². The number of ether oxygens (including phenoxy) is 2. The lowest BCUT2D eigenvalue weighted by molar-refractivity contribution is -0.0773. The fourth-order valence-electron chi connectivity index (χ4n) is 4.96. The number of H-pyrrole nitrogens is 1. The number of carbonyl (C=O) groups is 1. The summed E-state index contributed by atoms with van der Waals surface area (Å²) < 4.78 is 28.7. The van der Waals surface area contributed by atoms with Crippen LogP contribution in [0.3, 0.4) is 0 Å². The third-order valence-corrected chi connectivity index (χ3v) is 18.8. The Bertz CT molecular complexity index is 1740. The molecule has 5 atom stereocenters. The van der Waals surface area contributed by atoms with Crippen LogP contribution in [0.2, 0.25) is 36.3 Å². The number of carbonyl (C=O) groups excluding carboxylic acids is 1. The molecule has 9 nitrogen and oxygen atoms in total. The third-order valence-electron chi connectivity index (χ3n) is 9.90. The Morgan fingerprint density at radius 2 is 1.37 bits per heavy atom. The van der Waals surface area contributed by atoms with E-state index in [1.165, 1.54) is 16.8 Å². The summed E-state index contributed by atoms with van der Waals surface area (Å²) >= 11 is 0. The standard InChI is InChI=1S/C38H52N2O7Si2/c1-37(2,3)48(7,8)46-32-31(45-34(40-26-25-30(41)39-36(40)43)33(32)47-49(9,10)38(4,5)6)29(44-35(42)28-22-15-12-16-23-28)24-18-17-21-27-19-13-11-14-20-27/h11-26,29,31-34H,1-10H3,(H,39,41,43)/b21-17+,24-18+/t29-,31+,32+,33+,34+/m0/s1. The van der Waals surface area contributed by atoms with Gasteiger partial charge in [-0.15, -0.1) is 0 Å². The van der Waals surface area contributed by atoms with E-state index < -0.39 is 64.5 Å². The zero-order chi connectivity index (χ0) is 36.2. The van der Waals surface area contributed by atoms with Crippen molar-refractivity contribution in [3.8, 4) is 0 Å². The summed E-state index contributed by atoms with van der Waals surface area (Å²) in [6.45, 7) is 21.5. The maximum Gasteiger partial charge on any atom is 0.338 e. The van der Waals surface area contributed by atoms with Crippen LogP contribution in [0.4, 0.5) is 0 Å². The van der Waals surface area contributed by atoms with E-state index in [0.717, 1.165) is 5.56 Å². The zero-order valence-corrected chi connectivity index (χ0v) is 32.4. The van der Waals surface area contributed by atoms with Gasteiger partial charge in [0.25, 0.3) is 5.56 Å². The highest BCUT2D eigenvalue weighted by Gasteiger charge is 2.56. The highest BCUT2D eigenvalue weighted by Crippen LogP contribution is 2.46. The average molecular weight is 705 g/mol. The molecular weight excluding hydrogens is 653 g/mol. The fraction of sp³-hybridized carbons (Fsp3) is 0.447. The minimum Gasteiger partial charge on any atom is -0.452 e. The number of allylic oxidation sites excluding steroid dienone is 2. The number of nitrogens with zero attached hydrogens (tertiary/aromatic N) is 1. The number of aromatic amines is 1. The predicted molar refractivity (Wildman–Crippen MR) is 200 cm³/mol. The summed E-state index contributed by atoms with van der Waals surface area (Å²) in [5, 5.41) is -0.370. The van der Waals surface area contributed by atoms with Crippen molar-refractivity contribution >= 4 is 28.7 Å². The van der Waals surface area contributed by atoms with Gasteiger partial charge in [0, 0.05) is 12.3 Å². The molecule has 0 radical (unpaired) electrons. The van der Waals surface area contributed by atoms with E-state index in [4.69, 9.17) is 18.3 Å². The van der Waals surface area contributed by atoms with Gasteiger partial charge in [-0.05, 0) is 60.0 Å². The molecule has 1 aliphatic rings. The van der Waals surface area contributed by atoms with Gasteiger partial charge in [0.1, 0.15) is 24.4 Å². The largest absolute Gasteiger partial charge is 0.452 e. The van der Waals surface area contributed by atoms with Crippen molar-refractivity contribution in [3.05, 3.63) is 123 Å². The molecular formula is C38H52N2O7Si2. The molecule has 1 saturated heterocycles. The number of aromatic nitrogens is 2. The Labute approximate surface area is 292 Å². The molecule has 0 saturated carbocycles. The van der Waals surface area contributed by atoms with Crippen LogP contribution in [0.5, 0.6) is 0 Å². The molecule has 11 heteroatoms. The van der Waals surface area contributed by atoms with Gasteiger partial charge >= 0.3 is 11.7 Å². The first kappa shape index (κ1) is 38.2. The molecule has 0 amide bonds. The number of benzene rings is 2. The number of hydrogen-bond donors (Lipinski definition) is 1. The number of hydrogen-bond acceptors (Lipinski definition) is 7. The van der Waals surface area contributed by atoms with E-state index in [9.17, 15) is 14.4 Å². The van der Waals surface area contributed by atoms with E-state index >= 15 is 0 Å². The normalized spacial score (nSPS) is 21.3. The van der Waals surface area contributed by atoms with Crippen molar-refractivity contribution < 1.29 is 23.1 Å². The lowest BCUT2D eigenvalue weighted by Gasteiger charge is -2.44. The minimum atomic E-state index is -2.53. The Balaban J connectivity index is 1.88. The third kappa shape index (κ3) is 9.34. The summed E-state index contributed by atoms with van der Waals surface area (Å²) in [7, 11) is -5.05. The molecule has 3 aromatic rings. The van der Waals surface area contributed by atoms with Gasteiger partial charge in [-0.2, -0.15) is 0 Å². The summed E-state index contributed by atoms with van der Waals surface area (Å²) in [6, 6.07) is 19.9. The van der Waals surface area contributed by atoms with Gasteiger partial charge in [0.15, 0.2) is 22.9 Å². The van der Waals surface area contributed by atoms with E-state index in [2.05, 4.69) is 72.7 Å². The fourth-order valence-corrected chi connectivity index (χ4v) is 7.55. The van der Waals surface area contributed by atoms with Crippen LogP contribution in [0.1, 0.15) is 63.7 Å². The average Bonchev–Trinajstić information content (AvgIpc) is 3.34. The van der Waals surface area contributed by atoms with Gasteiger partial charge in [-0.3, -0.25) is 14.3 Å². The second-order valence-corrected chi connectivity index (χ2v) is 25.1. The second kappa shape index (κ2) is 15.1. The molecule has 2 heterocycles. The Morgan fingerprint density at radius 3 is 1.92 bits per heavy atom. The molecule has 4 rings (SSSR count). The Kier molecular flexibility index (Phi) is 11.8. The van der Waals surface area contributed by atoms with E-state index in [1.54, 1.807) is 30.3 Å². The van der Waals surface area contributed by atoms with Crippen molar-refractivity contribution in [3.63, 3.8) is 0 Å². The molecule has 1 N–H and O–H groups in total. The van der Waals surface area contributed by atoms with Crippen molar-refractivity contribution in [2.45, 2.75) is 108 Å². The molecule has 49 heavy (non-hydrogen) atoms. The molecule has 1 fully saturated rings. The highest BCUT2D eigenvalue weighted by atomic mass is 28.4. The van der Waals surface area contributed by atoms with Gasteiger partial charge in [-0.1, -0.05) is 108 Å². The highest BCUT2D eigenvalue weighted by molar-refractivity contribution is 6.74. The lowest BCUT2D eigenvalue weighted by atomic mass is 10.0. The molecule has 1 aliphatic heterocycles. The number of rotatable bonds is 11. The molecule has 0 unspecified atom stereocenters. The molecule has 0 spiro atoms. The van der Waals surface area contributed by atoms with Crippen molar-refractivity contribution in [2.75, 3.05) is 0 Å². The minimum absolute atomic E-state index is 0.184. The molecule has 0 bridgehead atoms. The SMILES string of the molecule is CC(C)(C)[Si](C)(C)O[C@H]1[C@@H](O[Si](C)(C)C(C)(C)C)[C@H](n2ccc(=O)[nH]c2=O)O[C@@H]1[C@H](/C=C/C=C/c1ccccc1)OC(=O)c1ccccc1. The van der Waals surface area contributed by atoms with Crippen LogP contribution in [-0.2, 0) is 18.3 Å². The van der Waals surface area contributed by atoms with Crippen LogP contribution in [0.25, 0.3) is 6.08 Å². The van der Waals surface area contributed by atoms with Crippen molar-refractivity contribution in [1.29, 1.82) is 0 Å². The first-order chi connectivity index (χ1) is 22.8. The van der Waals surface area contributed by atoms with Crippen LogP contribution < -0.4 is 11.2 Å². The molecule has 1 aromatic heterocycles. The Hall–Kier alpha value is -3.62. The molecule has 264 valence electrons. The lowest BCUT2D eigenvalue weighted by Crippen LogP contribution is -2.55. The first-order valence-electron chi connectivity index (χ1n) is 16.8. The predicted octanol–water partition coefficient (Wildman–Crippen LogP) is 7.71. The van der Waals surface area contributed by atoms with Gasteiger partial charge in [-0.25, -0.2) is 9.59 Å². The van der Waals surface area contributed by atoms with Gasteiger partial charge < -0.3 is 18.3 Å². The summed E-state index contributed by atoms with van der Waals surface area (Å²) in [6.07, 6.45) is 4.57. The van der Waals surface area contributed by atoms with Crippen molar-refractivity contribution in [2.24, 2.45) is 0 Å². The monoisotopic (exact) mass is 704 g/mol. The summed E-state index contributed by atoms with van der Waals surface area (Å²) in [5.41, 5.74) is 0.256. The quantitative estimate of drug-likeness (QED) is 0.124. The van der Waals surface area contributed by atoms with E-state index in [1.807, 2.05) is 54.6 Å². The van der Waals surface area contributed by atoms with Crippen LogP contribution in [0.15, 0.2) is 101 Å². The summed E-state index contributed by atoms with van der Waals surface area (Å²) in [4.78, 5) is 41.4. The maximum atomic E-state index is 13.6. The van der Waals surface area contributed by atoms with Crippen LogP contribution in [-0.4, -0.2) is 56.6 Å². The maximum absolute atomic E-state index is 13.6. The van der Waals surface area contributed by atoms with E-state index in [-0.39, 0.29) is 10.1 Å².